The zero-order valence-corrected chi connectivity index (χ0v) is 16.3. The smallest absolute Gasteiger partial charge is 0.200 e. The Hall–Kier alpha value is -3.25. The number of rotatable bonds is 4. The second kappa shape index (κ2) is 8.84. The van der Waals surface area contributed by atoms with Crippen molar-refractivity contribution in [3.8, 4) is 0 Å². The summed E-state index contributed by atoms with van der Waals surface area (Å²) in [6, 6.07) is 0. The highest BCUT2D eigenvalue weighted by atomic mass is 19.2. The first kappa shape index (κ1) is 25.4. The zero-order chi connectivity index (χ0) is 25.8. The predicted molar refractivity (Wildman–Crippen MR) is 89.1 cm³/mol. The average molecular weight is 506 g/mol. The largest absolute Gasteiger partial charge is 0.203 e. The predicted octanol–water partition coefficient (Wildman–Crippen LogP) is 6.98. The van der Waals surface area contributed by atoms with Crippen molar-refractivity contribution in [2.75, 3.05) is 0 Å². The molecule has 182 valence electrons. The summed E-state index contributed by atoms with van der Waals surface area (Å²) >= 11 is 0. The molecule has 0 amide bonds. The first-order valence-electron chi connectivity index (χ1n) is 8.87. The van der Waals surface area contributed by atoms with E-state index in [1.165, 1.54) is 0 Å². The number of halogens is 13. The van der Waals surface area contributed by atoms with Gasteiger partial charge in [0.15, 0.2) is 69.8 Å². The van der Waals surface area contributed by atoms with Gasteiger partial charge in [0, 0.05) is 40.7 Å². The highest BCUT2D eigenvalue weighted by molar-refractivity contribution is 5.39. The molecule has 0 aliphatic rings. The van der Waals surface area contributed by atoms with Gasteiger partial charge in [0.2, 0.25) is 5.82 Å². The lowest BCUT2D eigenvalue weighted by Crippen LogP contribution is -2.14. The molecule has 0 unspecified atom stereocenters. The lowest BCUT2D eigenvalue weighted by Gasteiger charge is -2.15. The molecule has 0 aliphatic carbocycles. The van der Waals surface area contributed by atoms with Crippen molar-refractivity contribution in [1.29, 1.82) is 0 Å². The van der Waals surface area contributed by atoms with Crippen LogP contribution in [0.25, 0.3) is 0 Å². The van der Waals surface area contributed by atoms with Crippen LogP contribution in [-0.4, -0.2) is 0 Å². The van der Waals surface area contributed by atoms with E-state index in [2.05, 4.69) is 0 Å². The molecule has 0 atom stereocenters. The average Bonchev–Trinajstić information content (AvgIpc) is 2.81. The van der Waals surface area contributed by atoms with E-state index in [0.29, 0.717) is 6.92 Å². The minimum atomic E-state index is -2.60. The summed E-state index contributed by atoms with van der Waals surface area (Å²) in [4.78, 5) is 0. The van der Waals surface area contributed by atoms with Crippen LogP contribution in [0.15, 0.2) is 0 Å². The van der Waals surface area contributed by atoms with E-state index < -0.39 is 116 Å². The maximum atomic E-state index is 14.4. The first-order valence-corrected chi connectivity index (χ1v) is 8.87. The Balaban J connectivity index is 2.18. The van der Waals surface area contributed by atoms with E-state index in [1.54, 1.807) is 0 Å². The van der Waals surface area contributed by atoms with Gasteiger partial charge in [-0.05, 0) is 6.92 Å². The third kappa shape index (κ3) is 3.76. The molecule has 0 radical (unpaired) electrons. The van der Waals surface area contributed by atoms with Crippen molar-refractivity contribution in [3.05, 3.63) is 103 Å². The van der Waals surface area contributed by atoms with E-state index in [0.717, 1.165) is 0 Å². The Kier molecular flexibility index (Phi) is 6.60. The van der Waals surface area contributed by atoms with E-state index in [4.69, 9.17) is 0 Å². The molecule has 34 heavy (non-hydrogen) atoms. The quantitative estimate of drug-likeness (QED) is 0.204. The minimum Gasteiger partial charge on any atom is -0.203 e. The lowest BCUT2D eigenvalue weighted by molar-refractivity contribution is 0.369. The molecule has 0 aliphatic heterocycles. The summed E-state index contributed by atoms with van der Waals surface area (Å²) in [7, 11) is 0. The molecule has 0 saturated carbocycles. The highest BCUT2D eigenvalue weighted by Gasteiger charge is 2.32. The summed E-state index contributed by atoms with van der Waals surface area (Å²) in [5, 5.41) is 0. The topological polar surface area (TPSA) is 0 Å². The number of benzene rings is 3. The number of hydrogen-bond acceptors (Lipinski definition) is 0. The molecule has 0 bridgehead atoms. The molecule has 0 fully saturated rings. The molecule has 13 heteroatoms. The maximum Gasteiger partial charge on any atom is 0.200 e. The zero-order valence-electron chi connectivity index (χ0n) is 16.3. The van der Waals surface area contributed by atoms with E-state index in [-0.39, 0.29) is 0 Å². The maximum absolute atomic E-state index is 14.4. The Labute approximate surface area is 181 Å². The van der Waals surface area contributed by atoms with E-state index >= 15 is 0 Å². The van der Waals surface area contributed by atoms with Crippen molar-refractivity contribution >= 4 is 0 Å². The summed E-state index contributed by atoms with van der Waals surface area (Å²) in [6.45, 7) is 0.634. The van der Waals surface area contributed by atoms with Crippen LogP contribution >= 0.6 is 0 Å². The van der Waals surface area contributed by atoms with Gasteiger partial charge >= 0.3 is 0 Å². The van der Waals surface area contributed by atoms with Crippen LogP contribution in [0.1, 0.15) is 27.8 Å². The molecule has 0 aromatic heterocycles. The Morgan fingerprint density at radius 3 is 0.735 bits per heavy atom. The first-order chi connectivity index (χ1) is 15.7. The van der Waals surface area contributed by atoms with Crippen molar-refractivity contribution in [2.24, 2.45) is 0 Å². The van der Waals surface area contributed by atoms with Crippen LogP contribution in [0, 0.1) is 82.5 Å². The fourth-order valence-electron chi connectivity index (χ4n) is 3.13. The second-order valence-electron chi connectivity index (χ2n) is 6.97. The molecular formula is C21H7F13. The van der Waals surface area contributed by atoms with E-state index in [9.17, 15) is 57.1 Å². The van der Waals surface area contributed by atoms with Crippen LogP contribution in [0.4, 0.5) is 57.1 Å². The van der Waals surface area contributed by atoms with Crippen LogP contribution in [-0.2, 0) is 12.8 Å². The molecule has 3 aromatic rings. The number of hydrogen-bond donors (Lipinski definition) is 0. The highest BCUT2D eigenvalue weighted by Crippen LogP contribution is 2.33. The lowest BCUT2D eigenvalue weighted by atomic mass is 9.95. The van der Waals surface area contributed by atoms with Crippen molar-refractivity contribution in [1.82, 2.24) is 0 Å². The molecule has 3 aromatic carbocycles. The Morgan fingerprint density at radius 2 is 0.471 bits per heavy atom. The van der Waals surface area contributed by atoms with Gasteiger partial charge in [0.25, 0.3) is 0 Å². The summed E-state index contributed by atoms with van der Waals surface area (Å²) < 4.78 is 181. The van der Waals surface area contributed by atoms with Gasteiger partial charge in [-0.3, -0.25) is 0 Å². The van der Waals surface area contributed by atoms with Crippen molar-refractivity contribution in [3.63, 3.8) is 0 Å². The fraction of sp³-hybridized carbons (Fsp3) is 0.143. The third-order valence-corrected chi connectivity index (χ3v) is 5.03. The van der Waals surface area contributed by atoms with Gasteiger partial charge < -0.3 is 0 Å². The standard InChI is InChI=1S/C21H7F13/c1-4-9(22)11(24)5(12(25)10(4)23)2-6-13(26)15(28)7(16(29)14(6)27)3-8-17(30)19(32)21(34)20(33)18(8)31/h2-3H2,1H3. The van der Waals surface area contributed by atoms with Crippen LogP contribution in [0.5, 0.6) is 0 Å². The third-order valence-electron chi connectivity index (χ3n) is 5.03. The molecular weight excluding hydrogens is 499 g/mol. The Morgan fingerprint density at radius 1 is 0.294 bits per heavy atom. The van der Waals surface area contributed by atoms with Gasteiger partial charge in [-0.1, -0.05) is 0 Å². The van der Waals surface area contributed by atoms with Crippen LogP contribution < -0.4 is 0 Å². The van der Waals surface area contributed by atoms with Crippen LogP contribution in [0.2, 0.25) is 0 Å². The summed E-state index contributed by atoms with van der Waals surface area (Å²) in [5.41, 5.74) is -8.19. The molecule has 0 nitrogen and oxygen atoms in total. The van der Waals surface area contributed by atoms with Gasteiger partial charge in [-0.15, -0.1) is 0 Å². The van der Waals surface area contributed by atoms with Gasteiger partial charge in [0.1, 0.15) is 0 Å². The summed E-state index contributed by atoms with van der Waals surface area (Å²) in [6.07, 6.45) is -3.62. The van der Waals surface area contributed by atoms with Crippen molar-refractivity contribution < 1.29 is 57.1 Å². The van der Waals surface area contributed by atoms with Crippen molar-refractivity contribution in [2.45, 2.75) is 19.8 Å². The fourth-order valence-corrected chi connectivity index (χ4v) is 3.13. The monoisotopic (exact) mass is 506 g/mol. The molecule has 0 heterocycles. The minimum absolute atomic E-state index is 0.634. The second-order valence-corrected chi connectivity index (χ2v) is 6.97. The summed E-state index contributed by atoms with van der Waals surface area (Å²) in [5.74, 6) is -30.4. The molecule has 0 N–H and O–H groups in total. The molecule has 3 rings (SSSR count). The normalized spacial score (nSPS) is 11.5. The molecule has 0 spiro atoms. The molecule has 0 saturated heterocycles. The Bertz CT molecular complexity index is 1150. The van der Waals surface area contributed by atoms with Crippen LogP contribution in [0.3, 0.4) is 0 Å². The SMILES string of the molecule is Cc1c(F)c(F)c(Cc2c(F)c(F)c(Cc3c(F)c(F)c(F)c(F)c3F)c(F)c2F)c(F)c1F. The van der Waals surface area contributed by atoms with Gasteiger partial charge in [0.05, 0.1) is 0 Å². The van der Waals surface area contributed by atoms with E-state index in [1.807, 2.05) is 0 Å². The van der Waals surface area contributed by atoms with Gasteiger partial charge in [-0.25, -0.2) is 57.1 Å². The van der Waals surface area contributed by atoms with Gasteiger partial charge in [-0.2, -0.15) is 0 Å².